The van der Waals surface area contributed by atoms with Crippen molar-refractivity contribution in [3.8, 4) is 0 Å². The van der Waals surface area contributed by atoms with Crippen molar-refractivity contribution in [2.45, 2.75) is 62.4 Å². The van der Waals surface area contributed by atoms with Gasteiger partial charge in [-0.3, -0.25) is 0 Å². The minimum absolute atomic E-state index is 0.00900. The lowest BCUT2D eigenvalue weighted by Gasteiger charge is -2.24. The predicted octanol–water partition coefficient (Wildman–Crippen LogP) is 2.29. The molecule has 0 spiro atoms. The van der Waals surface area contributed by atoms with E-state index >= 15 is 0 Å². The highest BCUT2D eigenvalue weighted by Crippen LogP contribution is 2.43. The maximum absolute atomic E-state index is 12.1. The molecule has 0 heterocycles. The molecular weight excluding hydrogens is 372 g/mol. The molecule has 0 radical (unpaired) electrons. The summed E-state index contributed by atoms with van der Waals surface area (Å²) in [5, 5.41) is 9.60. The highest BCUT2D eigenvalue weighted by atomic mass is 32.2. The van der Waals surface area contributed by atoms with Gasteiger partial charge in [0.25, 0.3) is 0 Å². The Hall–Kier alpha value is -0.700. The zero-order chi connectivity index (χ0) is 19.5. The first-order chi connectivity index (χ1) is 12.1. The maximum Gasteiger partial charge on any atom is 0.212 e. The van der Waals surface area contributed by atoms with E-state index < -0.39 is 30.5 Å². The van der Waals surface area contributed by atoms with Gasteiger partial charge in [0.2, 0.25) is 20.0 Å². The maximum atomic E-state index is 12.1. The van der Waals surface area contributed by atoms with Gasteiger partial charge in [0.1, 0.15) is 0 Å². The SMILES string of the molecule is C=CCC(C1CC1)[C@H](C/C=C\CC(C1CC1)[C@H](C)S(N)(=O)=O)S(N)(=O)=O. The molecule has 4 atom stereocenters. The molecule has 0 aromatic heterocycles. The average Bonchev–Trinajstić information content (AvgIpc) is 3.39. The molecule has 0 saturated heterocycles. The zero-order valence-corrected chi connectivity index (χ0v) is 17.1. The van der Waals surface area contributed by atoms with Gasteiger partial charge < -0.3 is 0 Å². The molecule has 2 aliphatic rings. The third-order valence-electron chi connectivity index (χ3n) is 5.86. The van der Waals surface area contributed by atoms with Gasteiger partial charge in [0.15, 0.2) is 0 Å². The molecule has 2 saturated carbocycles. The average molecular weight is 405 g/mol. The van der Waals surface area contributed by atoms with Crippen LogP contribution in [0.3, 0.4) is 0 Å². The predicted molar refractivity (Wildman–Crippen MR) is 105 cm³/mol. The molecule has 0 amide bonds. The Kier molecular flexibility index (Phi) is 7.10. The fourth-order valence-electron chi connectivity index (χ4n) is 3.94. The van der Waals surface area contributed by atoms with Crippen LogP contribution in [0.1, 0.15) is 51.9 Å². The molecule has 4 N–H and O–H groups in total. The highest BCUT2D eigenvalue weighted by Gasteiger charge is 2.40. The molecule has 0 aromatic carbocycles. The Labute approximate surface area is 158 Å². The standard InChI is InChI=1S/C18H32N2O4S2/c1-3-6-17(15-11-12-15)18(26(20,23)24)8-5-4-7-16(14-9-10-14)13(2)25(19,21)22/h3-5,13-18H,1,6-12H2,2H3,(H2,19,21,22)(H2,20,23,24)/b5-4-/t13-,16?,17?,18-/m0/s1. The topological polar surface area (TPSA) is 120 Å². The van der Waals surface area contributed by atoms with Crippen molar-refractivity contribution in [2.24, 2.45) is 33.9 Å². The van der Waals surface area contributed by atoms with Crippen LogP contribution in [0.5, 0.6) is 0 Å². The molecule has 2 fully saturated rings. The van der Waals surface area contributed by atoms with Crippen LogP contribution in [0.2, 0.25) is 0 Å². The number of hydrogen-bond donors (Lipinski definition) is 2. The van der Waals surface area contributed by atoms with E-state index in [4.69, 9.17) is 10.3 Å². The Morgan fingerprint density at radius 1 is 0.885 bits per heavy atom. The molecule has 2 unspecified atom stereocenters. The molecule has 2 aliphatic carbocycles. The number of nitrogens with two attached hydrogens (primary N) is 2. The van der Waals surface area contributed by atoms with E-state index in [0.29, 0.717) is 31.1 Å². The lowest BCUT2D eigenvalue weighted by Crippen LogP contribution is -2.36. The molecule has 0 bridgehead atoms. The van der Waals surface area contributed by atoms with Gasteiger partial charge in [0, 0.05) is 0 Å². The summed E-state index contributed by atoms with van der Waals surface area (Å²) in [4.78, 5) is 0. The second-order valence-electron chi connectivity index (χ2n) is 7.89. The normalized spacial score (nSPS) is 23.5. The van der Waals surface area contributed by atoms with Gasteiger partial charge in [-0.05, 0) is 75.5 Å². The molecule has 8 heteroatoms. The van der Waals surface area contributed by atoms with Crippen LogP contribution in [0.4, 0.5) is 0 Å². The number of sulfonamides is 2. The van der Waals surface area contributed by atoms with Gasteiger partial charge >= 0.3 is 0 Å². The van der Waals surface area contributed by atoms with E-state index in [2.05, 4.69) is 6.58 Å². The second-order valence-corrected chi connectivity index (χ2v) is 11.6. The molecule has 26 heavy (non-hydrogen) atoms. The number of hydrogen-bond acceptors (Lipinski definition) is 4. The van der Waals surface area contributed by atoms with E-state index in [1.54, 1.807) is 13.0 Å². The van der Waals surface area contributed by atoms with Crippen molar-refractivity contribution in [1.82, 2.24) is 0 Å². The van der Waals surface area contributed by atoms with Crippen LogP contribution in [0.15, 0.2) is 24.8 Å². The Morgan fingerprint density at radius 3 is 1.81 bits per heavy atom. The first-order valence-electron chi connectivity index (χ1n) is 9.34. The monoisotopic (exact) mass is 404 g/mol. The molecular formula is C18H32N2O4S2. The molecule has 0 aromatic rings. The van der Waals surface area contributed by atoms with Crippen LogP contribution < -0.4 is 10.3 Å². The van der Waals surface area contributed by atoms with E-state index in [1.165, 1.54) is 0 Å². The van der Waals surface area contributed by atoms with Crippen molar-refractivity contribution >= 4 is 20.0 Å². The quantitative estimate of drug-likeness (QED) is 0.485. The van der Waals surface area contributed by atoms with Crippen molar-refractivity contribution in [3.05, 3.63) is 24.8 Å². The number of primary sulfonamides is 2. The third-order valence-corrected chi connectivity index (χ3v) is 8.63. The van der Waals surface area contributed by atoms with Gasteiger partial charge in [-0.25, -0.2) is 27.1 Å². The smallest absolute Gasteiger partial charge is 0.212 e. The van der Waals surface area contributed by atoms with E-state index in [1.807, 2.05) is 12.2 Å². The minimum Gasteiger partial charge on any atom is -0.228 e. The van der Waals surface area contributed by atoms with Crippen LogP contribution >= 0.6 is 0 Å². The van der Waals surface area contributed by atoms with Crippen molar-refractivity contribution in [2.75, 3.05) is 0 Å². The minimum atomic E-state index is -3.65. The molecule has 0 aliphatic heterocycles. The van der Waals surface area contributed by atoms with Crippen molar-refractivity contribution in [3.63, 3.8) is 0 Å². The summed E-state index contributed by atoms with van der Waals surface area (Å²) in [6.45, 7) is 5.40. The van der Waals surface area contributed by atoms with Crippen molar-refractivity contribution < 1.29 is 16.8 Å². The number of rotatable bonds is 12. The van der Waals surface area contributed by atoms with Crippen LogP contribution in [-0.4, -0.2) is 27.3 Å². The lowest BCUT2D eigenvalue weighted by atomic mass is 9.92. The van der Waals surface area contributed by atoms with E-state index in [0.717, 1.165) is 25.7 Å². The summed E-state index contributed by atoms with van der Waals surface area (Å²) >= 11 is 0. The summed E-state index contributed by atoms with van der Waals surface area (Å²) in [6.07, 6.45) is 11.3. The summed E-state index contributed by atoms with van der Waals surface area (Å²) < 4.78 is 47.5. The first kappa shape index (κ1) is 21.6. The Balaban J connectivity index is 2.01. The Bertz CT molecular complexity index is 722. The largest absolute Gasteiger partial charge is 0.228 e. The van der Waals surface area contributed by atoms with Crippen LogP contribution in [0.25, 0.3) is 0 Å². The van der Waals surface area contributed by atoms with Gasteiger partial charge in [-0.2, -0.15) is 0 Å². The van der Waals surface area contributed by atoms with E-state index in [9.17, 15) is 16.8 Å². The fraction of sp³-hybridized carbons (Fsp3) is 0.778. The summed E-state index contributed by atoms with van der Waals surface area (Å²) in [5.74, 6) is 0.796. The first-order valence-corrected chi connectivity index (χ1v) is 12.6. The van der Waals surface area contributed by atoms with Gasteiger partial charge in [-0.15, -0.1) is 6.58 Å². The summed E-state index contributed by atoms with van der Waals surface area (Å²) in [7, 11) is -7.22. The van der Waals surface area contributed by atoms with Gasteiger partial charge in [0.05, 0.1) is 10.5 Å². The molecule has 2 rings (SSSR count). The third kappa shape index (κ3) is 6.18. The lowest BCUT2D eigenvalue weighted by molar-refractivity contribution is 0.426. The molecule has 6 nitrogen and oxygen atoms in total. The number of allylic oxidation sites excluding steroid dienone is 3. The van der Waals surface area contributed by atoms with Crippen LogP contribution in [-0.2, 0) is 20.0 Å². The van der Waals surface area contributed by atoms with E-state index in [-0.39, 0.29) is 11.8 Å². The fourth-order valence-corrected chi connectivity index (χ4v) is 5.96. The zero-order valence-electron chi connectivity index (χ0n) is 15.5. The Morgan fingerprint density at radius 2 is 1.38 bits per heavy atom. The van der Waals surface area contributed by atoms with Crippen molar-refractivity contribution in [1.29, 1.82) is 0 Å². The summed E-state index contributed by atoms with van der Waals surface area (Å²) in [6, 6.07) is 0. The summed E-state index contributed by atoms with van der Waals surface area (Å²) in [5.41, 5.74) is 0. The second kappa shape index (κ2) is 8.54. The van der Waals surface area contributed by atoms with Gasteiger partial charge in [-0.1, -0.05) is 18.2 Å². The molecule has 150 valence electrons. The van der Waals surface area contributed by atoms with Crippen LogP contribution in [0, 0.1) is 23.7 Å². The highest BCUT2D eigenvalue weighted by molar-refractivity contribution is 7.90.